The lowest BCUT2D eigenvalue weighted by Crippen LogP contribution is -2.30. The molecule has 0 aliphatic carbocycles. The van der Waals surface area contributed by atoms with Crippen molar-refractivity contribution in [3.63, 3.8) is 0 Å². The highest BCUT2D eigenvalue weighted by Crippen LogP contribution is 2.38. The summed E-state index contributed by atoms with van der Waals surface area (Å²) in [5.74, 6) is 1.84. The fourth-order valence-electron chi connectivity index (χ4n) is 3.81. The monoisotopic (exact) mass is 336 g/mol. The van der Waals surface area contributed by atoms with Crippen LogP contribution in [0.4, 0.5) is 0 Å². The first-order valence-electron chi connectivity index (χ1n) is 8.83. The van der Waals surface area contributed by atoms with Crippen LogP contribution in [-0.4, -0.2) is 25.7 Å². The molecule has 0 saturated heterocycles. The van der Waals surface area contributed by atoms with Gasteiger partial charge in [0.25, 0.3) is 0 Å². The lowest BCUT2D eigenvalue weighted by atomic mass is 9.93. The number of methoxy groups -OCH3 is 2. The Kier molecular flexibility index (Phi) is 4.14. The van der Waals surface area contributed by atoms with Crippen molar-refractivity contribution in [2.24, 2.45) is 0 Å². The van der Waals surface area contributed by atoms with Crippen LogP contribution in [0.1, 0.15) is 35.3 Å². The highest BCUT2D eigenvalue weighted by atomic mass is 16.5. The van der Waals surface area contributed by atoms with Crippen LogP contribution in [0.3, 0.4) is 0 Å². The van der Waals surface area contributed by atoms with E-state index in [-0.39, 0.29) is 6.04 Å². The predicted octanol–water partition coefficient (Wildman–Crippen LogP) is 3.98. The third-order valence-electron chi connectivity index (χ3n) is 5.18. The van der Waals surface area contributed by atoms with Crippen LogP contribution in [0.15, 0.2) is 36.4 Å². The second kappa shape index (κ2) is 6.45. The summed E-state index contributed by atoms with van der Waals surface area (Å²) in [6.45, 7) is 3.11. The molecule has 1 atom stereocenters. The van der Waals surface area contributed by atoms with Crippen LogP contribution in [0.2, 0.25) is 0 Å². The fraction of sp³-hybridized carbons (Fsp3) is 0.333. The van der Waals surface area contributed by atoms with E-state index in [2.05, 4.69) is 47.6 Å². The molecule has 4 nitrogen and oxygen atoms in total. The van der Waals surface area contributed by atoms with E-state index in [4.69, 9.17) is 9.47 Å². The van der Waals surface area contributed by atoms with Gasteiger partial charge in [0.15, 0.2) is 0 Å². The van der Waals surface area contributed by atoms with Crippen molar-refractivity contribution >= 4 is 10.9 Å². The van der Waals surface area contributed by atoms with Gasteiger partial charge >= 0.3 is 0 Å². The topological polar surface area (TPSA) is 46.3 Å². The lowest BCUT2D eigenvalue weighted by molar-refractivity contribution is 0.401. The van der Waals surface area contributed by atoms with Gasteiger partial charge < -0.3 is 19.8 Å². The second-order valence-electron chi connectivity index (χ2n) is 6.50. The van der Waals surface area contributed by atoms with E-state index < -0.39 is 0 Å². The number of ether oxygens (including phenoxy) is 2. The molecule has 2 heterocycles. The molecule has 0 saturated carbocycles. The molecule has 0 fully saturated rings. The zero-order chi connectivity index (χ0) is 17.4. The van der Waals surface area contributed by atoms with Crippen LogP contribution in [0.5, 0.6) is 11.5 Å². The van der Waals surface area contributed by atoms with E-state index in [1.165, 1.54) is 27.8 Å². The number of hydrogen-bond acceptors (Lipinski definition) is 3. The Bertz CT molecular complexity index is 914. The van der Waals surface area contributed by atoms with Gasteiger partial charge in [0.05, 0.1) is 20.3 Å². The predicted molar refractivity (Wildman–Crippen MR) is 101 cm³/mol. The first kappa shape index (κ1) is 16.0. The molecule has 0 bridgehead atoms. The highest BCUT2D eigenvalue weighted by Gasteiger charge is 2.27. The van der Waals surface area contributed by atoms with Crippen molar-refractivity contribution in [1.29, 1.82) is 0 Å². The molecular formula is C21H24N2O2. The Hall–Kier alpha value is -2.46. The molecule has 0 spiro atoms. The maximum absolute atomic E-state index is 5.69. The normalized spacial score (nSPS) is 16.7. The molecule has 25 heavy (non-hydrogen) atoms. The Labute approximate surface area is 148 Å². The van der Waals surface area contributed by atoms with Crippen molar-refractivity contribution in [3.05, 3.63) is 58.8 Å². The first-order valence-corrected chi connectivity index (χ1v) is 8.83. The highest BCUT2D eigenvalue weighted by molar-refractivity contribution is 5.86. The molecule has 4 heteroatoms. The molecule has 2 aromatic carbocycles. The summed E-state index contributed by atoms with van der Waals surface area (Å²) < 4.78 is 11.1. The Morgan fingerprint density at radius 2 is 1.96 bits per heavy atom. The molecule has 4 rings (SSSR count). The first-order chi connectivity index (χ1) is 12.2. The van der Waals surface area contributed by atoms with Gasteiger partial charge in [0.2, 0.25) is 0 Å². The minimum Gasteiger partial charge on any atom is -0.497 e. The zero-order valence-corrected chi connectivity index (χ0v) is 15.0. The molecular weight excluding hydrogens is 312 g/mol. The molecule has 0 radical (unpaired) electrons. The van der Waals surface area contributed by atoms with E-state index in [1.807, 2.05) is 6.07 Å². The molecule has 3 aromatic rings. The summed E-state index contributed by atoms with van der Waals surface area (Å²) >= 11 is 0. The molecule has 1 aromatic heterocycles. The fourth-order valence-corrected chi connectivity index (χ4v) is 3.81. The van der Waals surface area contributed by atoms with Crippen LogP contribution in [0.25, 0.3) is 10.9 Å². The van der Waals surface area contributed by atoms with Crippen molar-refractivity contribution in [2.45, 2.75) is 25.8 Å². The summed E-state index contributed by atoms with van der Waals surface area (Å²) in [6, 6.07) is 12.9. The Morgan fingerprint density at radius 3 is 2.72 bits per heavy atom. The van der Waals surface area contributed by atoms with Gasteiger partial charge in [-0.25, -0.2) is 0 Å². The lowest BCUT2D eigenvalue weighted by Gasteiger charge is -2.26. The van der Waals surface area contributed by atoms with Gasteiger partial charge in [-0.3, -0.25) is 0 Å². The average molecular weight is 336 g/mol. The van der Waals surface area contributed by atoms with Crippen LogP contribution >= 0.6 is 0 Å². The number of rotatable bonds is 4. The number of aryl methyl sites for hydroxylation is 1. The SMILES string of the molecule is CCc1ccc(C2NCCc3c2[nH]c2ccc(OC)cc32)c(OC)c1. The van der Waals surface area contributed by atoms with Crippen LogP contribution < -0.4 is 14.8 Å². The maximum Gasteiger partial charge on any atom is 0.124 e. The van der Waals surface area contributed by atoms with E-state index >= 15 is 0 Å². The summed E-state index contributed by atoms with van der Waals surface area (Å²) in [6.07, 6.45) is 2.01. The van der Waals surface area contributed by atoms with Crippen molar-refractivity contribution in [2.75, 3.05) is 20.8 Å². The Morgan fingerprint density at radius 1 is 1.08 bits per heavy atom. The maximum atomic E-state index is 5.69. The van der Waals surface area contributed by atoms with Crippen molar-refractivity contribution in [3.8, 4) is 11.5 Å². The minimum atomic E-state index is 0.114. The number of nitrogens with one attached hydrogen (secondary N) is 2. The van der Waals surface area contributed by atoms with Crippen LogP contribution in [-0.2, 0) is 12.8 Å². The van der Waals surface area contributed by atoms with Crippen molar-refractivity contribution in [1.82, 2.24) is 10.3 Å². The molecule has 1 unspecified atom stereocenters. The number of hydrogen-bond donors (Lipinski definition) is 2. The van der Waals surface area contributed by atoms with E-state index in [0.29, 0.717) is 0 Å². The molecule has 0 amide bonds. The molecule has 2 N–H and O–H groups in total. The van der Waals surface area contributed by atoms with Gasteiger partial charge in [-0.2, -0.15) is 0 Å². The molecule has 1 aliphatic heterocycles. The largest absolute Gasteiger partial charge is 0.497 e. The molecule has 130 valence electrons. The number of benzene rings is 2. The summed E-state index contributed by atoms with van der Waals surface area (Å²) in [5, 5.41) is 4.91. The van der Waals surface area contributed by atoms with E-state index in [0.717, 1.165) is 36.4 Å². The van der Waals surface area contributed by atoms with Gasteiger partial charge in [-0.05, 0) is 48.2 Å². The number of aromatic nitrogens is 1. The zero-order valence-electron chi connectivity index (χ0n) is 15.0. The number of fused-ring (bicyclic) bond motifs is 3. The van der Waals surface area contributed by atoms with Gasteiger partial charge in [0, 0.05) is 28.7 Å². The van der Waals surface area contributed by atoms with E-state index in [1.54, 1.807) is 14.2 Å². The summed E-state index contributed by atoms with van der Waals surface area (Å²) in [4.78, 5) is 3.62. The second-order valence-corrected chi connectivity index (χ2v) is 6.50. The van der Waals surface area contributed by atoms with Gasteiger partial charge in [-0.1, -0.05) is 19.1 Å². The van der Waals surface area contributed by atoms with Gasteiger partial charge in [0.1, 0.15) is 11.5 Å². The van der Waals surface area contributed by atoms with E-state index in [9.17, 15) is 0 Å². The summed E-state index contributed by atoms with van der Waals surface area (Å²) in [5.41, 5.74) is 6.23. The Balaban J connectivity index is 1.85. The number of aromatic amines is 1. The van der Waals surface area contributed by atoms with Crippen LogP contribution in [0, 0.1) is 0 Å². The quantitative estimate of drug-likeness (QED) is 0.757. The summed E-state index contributed by atoms with van der Waals surface area (Å²) in [7, 11) is 3.46. The minimum absolute atomic E-state index is 0.114. The third-order valence-corrected chi connectivity index (χ3v) is 5.18. The smallest absolute Gasteiger partial charge is 0.124 e. The van der Waals surface area contributed by atoms with Crippen molar-refractivity contribution < 1.29 is 9.47 Å². The average Bonchev–Trinajstić information content (AvgIpc) is 3.05. The molecule has 1 aliphatic rings. The number of H-pyrrole nitrogens is 1. The van der Waals surface area contributed by atoms with Gasteiger partial charge in [-0.15, -0.1) is 0 Å². The standard InChI is InChI=1S/C21H24N2O2/c1-4-13-5-7-16(19(11-13)25-3)20-21-15(9-10-22-20)17-12-14(24-2)6-8-18(17)23-21/h5-8,11-12,20,22-23H,4,9-10H2,1-3H3. The third kappa shape index (κ3) is 2.67.